The first-order chi connectivity index (χ1) is 16.3. The van der Waals surface area contributed by atoms with Crippen LogP contribution >= 0.6 is 0 Å². The first-order valence-corrected chi connectivity index (χ1v) is 12.6. The Kier molecular flexibility index (Phi) is 5.75. The molecule has 5 rings (SSSR count). The highest BCUT2D eigenvalue weighted by Gasteiger charge is 2.55. The molecule has 8 heteroatoms. The molecule has 2 saturated heterocycles. The fraction of sp³-hybridized carbons (Fsp3) is 0.269. The van der Waals surface area contributed by atoms with Crippen LogP contribution in [0.15, 0.2) is 77.7 Å². The molecule has 3 aromatic carbocycles. The minimum atomic E-state index is -4.03. The number of hydrogen-bond donors (Lipinski definition) is 1. The zero-order valence-corrected chi connectivity index (χ0v) is 19.5. The van der Waals surface area contributed by atoms with Crippen molar-refractivity contribution in [3.63, 3.8) is 0 Å². The van der Waals surface area contributed by atoms with E-state index in [4.69, 9.17) is 0 Å². The Bertz CT molecular complexity index is 1330. The molecule has 1 N–H and O–H groups in total. The molecule has 34 heavy (non-hydrogen) atoms. The number of rotatable bonds is 5. The van der Waals surface area contributed by atoms with E-state index in [9.17, 15) is 22.7 Å². The van der Waals surface area contributed by atoms with Crippen LogP contribution in [0.4, 0.5) is 4.39 Å². The number of aliphatic hydroxyl groups is 1. The lowest BCUT2D eigenvalue weighted by Gasteiger charge is -2.58. The number of aryl methyl sites for hydroxylation is 1. The van der Waals surface area contributed by atoms with Crippen LogP contribution in [0.1, 0.15) is 17.0 Å². The lowest BCUT2D eigenvalue weighted by Crippen LogP contribution is -2.73. The summed E-state index contributed by atoms with van der Waals surface area (Å²) in [4.78, 5) is 14.3. The normalized spacial score (nSPS) is 22.9. The maximum Gasteiger partial charge on any atom is 0.243 e. The summed E-state index contributed by atoms with van der Waals surface area (Å²) in [5.41, 5.74) is 4.26. The van der Waals surface area contributed by atoms with Crippen molar-refractivity contribution in [3.05, 3.63) is 89.7 Å². The molecule has 0 spiro atoms. The van der Waals surface area contributed by atoms with E-state index in [1.807, 2.05) is 31.2 Å². The molecular weight excluding hydrogens is 455 g/mol. The average Bonchev–Trinajstić information content (AvgIpc) is 2.81. The van der Waals surface area contributed by atoms with Gasteiger partial charge in [0.25, 0.3) is 0 Å². The van der Waals surface area contributed by atoms with E-state index in [0.717, 1.165) is 27.1 Å². The molecule has 2 fully saturated rings. The summed E-state index contributed by atoms with van der Waals surface area (Å²) in [7, 11) is -4.03. The van der Waals surface area contributed by atoms with Gasteiger partial charge in [-0.1, -0.05) is 60.2 Å². The number of fused-ring (bicyclic) bond motifs is 1. The van der Waals surface area contributed by atoms with E-state index in [0.29, 0.717) is 0 Å². The molecule has 3 atom stereocenters. The fourth-order valence-corrected chi connectivity index (χ4v) is 6.51. The van der Waals surface area contributed by atoms with Crippen LogP contribution in [0.25, 0.3) is 11.1 Å². The Morgan fingerprint density at radius 3 is 2.26 bits per heavy atom. The third-order valence-corrected chi connectivity index (χ3v) is 8.64. The van der Waals surface area contributed by atoms with Crippen LogP contribution in [0.5, 0.6) is 0 Å². The largest absolute Gasteiger partial charge is 0.394 e. The standard InChI is InChI=1S/C26H25FN2O4S/c1-17-5-7-18(8-6-17)19-9-11-20(12-10-19)26-23-14-28(15-25(31)29(23)24(26)16-30)34(32,33)22-4-2-3-21(27)13-22/h2-13,23-24,26,30H,14-16H2,1H3/t23-,24-,26+/m0/s1. The number of carbonyl (C=O) groups excluding carboxylic acids is 1. The third-order valence-electron chi connectivity index (χ3n) is 6.84. The predicted molar refractivity (Wildman–Crippen MR) is 126 cm³/mol. The second-order valence-electron chi connectivity index (χ2n) is 8.89. The number of aliphatic hydroxyl groups excluding tert-OH is 1. The van der Waals surface area contributed by atoms with Gasteiger partial charge in [-0.15, -0.1) is 0 Å². The quantitative estimate of drug-likeness (QED) is 0.609. The van der Waals surface area contributed by atoms with Crippen molar-refractivity contribution in [2.75, 3.05) is 19.7 Å². The van der Waals surface area contributed by atoms with E-state index in [2.05, 4.69) is 24.3 Å². The molecule has 0 aliphatic carbocycles. The Balaban J connectivity index is 1.42. The maximum absolute atomic E-state index is 13.7. The topological polar surface area (TPSA) is 77.9 Å². The molecule has 6 nitrogen and oxygen atoms in total. The van der Waals surface area contributed by atoms with Crippen molar-refractivity contribution in [1.29, 1.82) is 0 Å². The smallest absolute Gasteiger partial charge is 0.243 e. The van der Waals surface area contributed by atoms with Gasteiger partial charge in [0.2, 0.25) is 15.9 Å². The van der Waals surface area contributed by atoms with Crippen molar-refractivity contribution in [2.24, 2.45) is 0 Å². The highest BCUT2D eigenvalue weighted by Crippen LogP contribution is 2.44. The number of nitrogens with zero attached hydrogens (tertiary/aromatic N) is 2. The Labute approximate surface area is 198 Å². The monoisotopic (exact) mass is 480 g/mol. The van der Waals surface area contributed by atoms with Crippen molar-refractivity contribution in [1.82, 2.24) is 9.21 Å². The number of piperazine rings is 1. The van der Waals surface area contributed by atoms with E-state index >= 15 is 0 Å². The van der Waals surface area contributed by atoms with Crippen LogP contribution in [0.2, 0.25) is 0 Å². The van der Waals surface area contributed by atoms with E-state index in [1.165, 1.54) is 23.8 Å². The van der Waals surface area contributed by atoms with Gasteiger partial charge in [-0.05, 0) is 41.8 Å². The number of benzene rings is 3. The molecule has 0 unspecified atom stereocenters. The second-order valence-corrected chi connectivity index (χ2v) is 10.8. The van der Waals surface area contributed by atoms with E-state index < -0.39 is 27.9 Å². The number of halogens is 1. The molecule has 0 aromatic heterocycles. The summed E-state index contributed by atoms with van der Waals surface area (Å²) in [6.07, 6.45) is 0. The molecule has 3 aromatic rings. The molecule has 0 saturated carbocycles. The summed E-state index contributed by atoms with van der Waals surface area (Å²) >= 11 is 0. The van der Waals surface area contributed by atoms with Gasteiger partial charge in [-0.25, -0.2) is 12.8 Å². The zero-order chi connectivity index (χ0) is 24.0. The zero-order valence-electron chi connectivity index (χ0n) is 18.6. The summed E-state index contributed by atoms with van der Waals surface area (Å²) < 4.78 is 41.0. The highest BCUT2D eigenvalue weighted by atomic mass is 32.2. The maximum atomic E-state index is 13.7. The highest BCUT2D eigenvalue weighted by molar-refractivity contribution is 7.89. The fourth-order valence-electron chi connectivity index (χ4n) is 5.07. The van der Waals surface area contributed by atoms with Crippen LogP contribution in [0.3, 0.4) is 0 Å². The first-order valence-electron chi connectivity index (χ1n) is 11.1. The van der Waals surface area contributed by atoms with Crippen molar-refractivity contribution in [2.45, 2.75) is 29.8 Å². The van der Waals surface area contributed by atoms with Crippen molar-refractivity contribution < 1.29 is 22.7 Å². The molecule has 0 radical (unpaired) electrons. The molecule has 0 bridgehead atoms. The lowest BCUT2D eigenvalue weighted by molar-refractivity contribution is -0.158. The molecular formula is C26H25FN2O4S. The van der Waals surface area contributed by atoms with Gasteiger partial charge < -0.3 is 10.0 Å². The Morgan fingerprint density at radius 2 is 1.65 bits per heavy atom. The van der Waals surface area contributed by atoms with Gasteiger partial charge in [0.15, 0.2) is 0 Å². The van der Waals surface area contributed by atoms with E-state index in [-0.39, 0.29) is 36.4 Å². The predicted octanol–water partition coefficient (Wildman–Crippen LogP) is 3.16. The number of carbonyl (C=O) groups is 1. The van der Waals surface area contributed by atoms with Crippen molar-refractivity contribution in [3.8, 4) is 11.1 Å². The van der Waals surface area contributed by atoms with Gasteiger partial charge in [0, 0.05) is 12.5 Å². The number of amides is 1. The third kappa shape index (κ3) is 3.81. The SMILES string of the molecule is Cc1ccc(-c2ccc([C@H]3[C@H](CO)N4C(=O)CN(S(=O)(=O)c5cccc(F)c5)C[C@@H]34)cc2)cc1. The van der Waals surface area contributed by atoms with Gasteiger partial charge in [-0.3, -0.25) is 4.79 Å². The summed E-state index contributed by atoms with van der Waals surface area (Å²) in [6.45, 7) is 1.59. The van der Waals surface area contributed by atoms with Crippen LogP contribution in [0, 0.1) is 12.7 Å². The van der Waals surface area contributed by atoms with Crippen LogP contribution in [-0.4, -0.2) is 60.4 Å². The Hall–Kier alpha value is -3.07. The summed E-state index contributed by atoms with van der Waals surface area (Å²) in [5.74, 6) is -1.21. The van der Waals surface area contributed by atoms with Gasteiger partial charge >= 0.3 is 0 Å². The van der Waals surface area contributed by atoms with Crippen molar-refractivity contribution >= 4 is 15.9 Å². The van der Waals surface area contributed by atoms with Gasteiger partial charge in [0.1, 0.15) is 5.82 Å². The Morgan fingerprint density at radius 1 is 1.00 bits per heavy atom. The molecule has 1 amide bonds. The molecule has 176 valence electrons. The minimum absolute atomic E-state index is 0.0888. The van der Waals surface area contributed by atoms with Crippen LogP contribution < -0.4 is 0 Å². The minimum Gasteiger partial charge on any atom is -0.394 e. The summed E-state index contributed by atoms with van der Waals surface area (Å²) in [5, 5.41) is 10.00. The molecule has 2 aliphatic rings. The lowest BCUT2D eigenvalue weighted by atomic mass is 9.74. The average molecular weight is 481 g/mol. The molecule has 2 heterocycles. The van der Waals surface area contributed by atoms with Crippen LogP contribution in [-0.2, 0) is 14.8 Å². The van der Waals surface area contributed by atoms with E-state index in [1.54, 1.807) is 4.90 Å². The summed E-state index contributed by atoms with van der Waals surface area (Å²) in [6, 6.07) is 20.2. The first kappa shape index (κ1) is 22.7. The van der Waals surface area contributed by atoms with Gasteiger partial charge in [0.05, 0.1) is 30.1 Å². The van der Waals surface area contributed by atoms with Gasteiger partial charge in [-0.2, -0.15) is 4.31 Å². The number of sulfonamides is 1. The number of hydrogen-bond acceptors (Lipinski definition) is 4. The second kappa shape index (κ2) is 8.61. The molecule has 2 aliphatic heterocycles.